The zero-order valence-electron chi connectivity index (χ0n) is 13.2. The molecule has 0 unspecified atom stereocenters. The molecule has 0 fully saturated rings. The molecule has 0 radical (unpaired) electrons. The summed E-state index contributed by atoms with van der Waals surface area (Å²) in [6.45, 7) is 5.14. The summed E-state index contributed by atoms with van der Waals surface area (Å²) >= 11 is 0. The van der Waals surface area contributed by atoms with Gasteiger partial charge in [0.1, 0.15) is 11.6 Å². The highest BCUT2D eigenvalue weighted by atomic mass is 19.1. The van der Waals surface area contributed by atoms with Crippen molar-refractivity contribution in [3.8, 4) is 0 Å². The van der Waals surface area contributed by atoms with Gasteiger partial charge in [-0.15, -0.1) is 0 Å². The Morgan fingerprint density at radius 1 is 1.22 bits per heavy atom. The molecule has 0 bridgehead atoms. The molecule has 0 aliphatic carbocycles. The van der Waals surface area contributed by atoms with Crippen molar-refractivity contribution >= 4 is 5.96 Å². The molecule has 23 heavy (non-hydrogen) atoms. The van der Waals surface area contributed by atoms with Crippen LogP contribution < -0.4 is 10.6 Å². The summed E-state index contributed by atoms with van der Waals surface area (Å²) in [5.41, 5.74) is 2.21. The number of guanidine groups is 1. The summed E-state index contributed by atoms with van der Waals surface area (Å²) in [5.74, 6) is -0.411. The molecule has 122 valence electrons. The smallest absolute Gasteiger partial charge is 0.191 e. The van der Waals surface area contributed by atoms with Crippen molar-refractivity contribution < 1.29 is 8.78 Å². The van der Waals surface area contributed by atoms with Crippen LogP contribution in [-0.4, -0.2) is 17.5 Å². The van der Waals surface area contributed by atoms with Gasteiger partial charge in [0.05, 0.1) is 18.8 Å². The molecule has 0 aliphatic heterocycles. The van der Waals surface area contributed by atoms with E-state index < -0.39 is 11.6 Å². The van der Waals surface area contributed by atoms with Gasteiger partial charge in [0.2, 0.25) is 0 Å². The normalized spacial score (nSPS) is 11.4. The zero-order chi connectivity index (χ0) is 16.7. The lowest BCUT2D eigenvalue weighted by Crippen LogP contribution is -2.37. The van der Waals surface area contributed by atoms with Crippen molar-refractivity contribution in [1.29, 1.82) is 0 Å². The minimum absolute atomic E-state index is 0.0557. The first-order chi connectivity index (χ1) is 11.1. The lowest BCUT2D eigenvalue weighted by molar-refractivity contribution is 0.585. The van der Waals surface area contributed by atoms with E-state index in [1.54, 1.807) is 6.20 Å². The van der Waals surface area contributed by atoms with E-state index in [2.05, 4.69) is 20.6 Å². The predicted octanol–water partition coefficient (Wildman–Crippen LogP) is 2.92. The van der Waals surface area contributed by atoms with Crippen LogP contribution in [0.1, 0.15) is 23.7 Å². The molecule has 0 saturated heterocycles. The fraction of sp³-hybridized carbons (Fsp3) is 0.294. The summed E-state index contributed by atoms with van der Waals surface area (Å²) in [6.07, 6.45) is 1.73. The quantitative estimate of drug-likeness (QED) is 0.658. The topological polar surface area (TPSA) is 49.3 Å². The molecule has 0 saturated carbocycles. The molecule has 0 aliphatic rings. The average molecular weight is 318 g/mol. The van der Waals surface area contributed by atoms with Gasteiger partial charge < -0.3 is 10.6 Å². The van der Waals surface area contributed by atoms with Gasteiger partial charge in [0.15, 0.2) is 5.96 Å². The molecule has 4 nitrogen and oxygen atoms in total. The number of nitrogens with zero attached hydrogens (tertiary/aromatic N) is 2. The Morgan fingerprint density at radius 2 is 2.04 bits per heavy atom. The Bertz CT molecular complexity index is 686. The second-order valence-corrected chi connectivity index (χ2v) is 5.05. The molecule has 2 rings (SSSR count). The van der Waals surface area contributed by atoms with Gasteiger partial charge in [-0.1, -0.05) is 6.07 Å². The van der Waals surface area contributed by atoms with Crippen LogP contribution in [0.4, 0.5) is 8.78 Å². The van der Waals surface area contributed by atoms with Crippen LogP contribution in [0.25, 0.3) is 0 Å². The van der Waals surface area contributed by atoms with E-state index in [9.17, 15) is 8.78 Å². The summed E-state index contributed by atoms with van der Waals surface area (Å²) in [6, 6.07) is 7.22. The van der Waals surface area contributed by atoms with Crippen molar-refractivity contribution in [3.63, 3.8) is 0 Å². The summed E-state index contributed by atoms with van der Waals surface area (Å²) in [5, 5.41) is 6.21. The first-order valence-corrected chi connectivity index (χ1v) is 7.46. The van der Waals surface area contributed by atoms with E-state index in [-0.39, 0.29) is 12.1 Å². The van der Waals surface area contributed by atoms with Crippen molar-refractivity contribution in [2.45, 2.75) is 26.9 Å². The molecule has 0 atom stereocenters. The molecular formula is C17H20F2N4. The van der Waals surface area contributed by atoms with Crippen LogP contribution in [0.2, 0.25) is 0 Å². The number of nitrogens with one attached hydrogen (secondary N) is 2. The molecule has 2 aromatic rings. The fourth-order valence-corrected chi connectivity index (χ4v) is 2.04. The van der Waals surface area contributed by atoms with Gasteiger partial charge in [-0.2, -0.15) is 0 Å². The van der Waals surface area contributed by atoms with Gasteiger partial charge in [0, 0.05) is 18.3 Å². The van der Waals surface area contributed by atoms with E-state index in [0.717, 1.165) is 29.5 Å². The van der Waals surface area contributed by atoms with Crippen LogP contribution in [0.3, 0.4) is 0 Å². The maximum absolute atomic E-state index is 13.6. The number of rotatable bonds is 5. The van der Waals surface area contributed by atoms with Crippen LogP contribution in [0.15, 0.2) is 41.5 Å². The molecule has 1 heterocycles. The first kappa shape index (κ1) is 16.9. The van der Waals surface area contributed by atoms with Crippen LogP contribution in [0, 0.1) is 18.6 Å². The number of aryl methyl sites for hydroxylation is 1. The van der Waals surface area contributed by atoms with E-state index in [1.165, 1.54) is 0 Å². The Hall–Kier alpha value is -2.50. The lowest BCUT2D eigenvalue weighted by atomic mass is 10.2. The van der Waals surface area contributed by atoms with Crippen molar-refractivity contribution in [2.75, 3.05) is 6.54 Å². The number of aliphatic imine (C=N–C) groups is 1. The number of aromatic nitrogens is 1. The van der Waals surface area contributed by atoms with Crippen molar-refractivity contribution in [3.05, 3.63) is 65.0 Å². The number of hydrogen-bond acceptors (Lipinski definition) is 2. The third-order valence-corrected chi connectivity index (χ3v) is 3.30. The molecule has 6 heteroatoms. The zero-order valence-corrected chi connectivity index (χ0v) is 13.2. The Morgan fingerprint density at radius 3 is 2.78 bits per heavy atom. The second kappa shape index (κ2) is 8.22. The highest BCUT2D eigenvalue weighted by Gasteiger charge is 2.05. The van der Waals surface area contributed by atoms with Gasteiger partial charge >= 0.3 is 0 Å². The second-order valence-electron chi connectivity index (χ2n) is 5.05. The van der Waals surface area contributed by atoms with Gasteiger partial charge in [-0.25, -0.2) is 13.8 Å². The number of benzene rings is 1. The van der Waals surface area contributed by atoms with Gasteiger partial charge in [-0.05, 0) is 43.7 Å². The third-order valence-electron chi connectivity index (χ3n) is 3.30. The number of hydrogen-bond donors (Lipinski definition) is 2. The van der Waals surface area contributed by atoms with Crippen molar-refractivity contribution in [2.24, 2.45) is 4.99 Å². The first-order valence-electron chi connectivity index (χ1n) is 7.46. The van der Waals surface area contributed by atoms with E-state index in [0.29, 0.717) is 19.0 Å². The molecule has 1 aromatic heterocycles. The Balaban J connectivity index is 2.05. The molecule has 2 N–H and O–H groups in total. The minimum atomic E-state index is -0.473. The highest BCUT2D eigenvalue weighted by molar-refractivity contribution is 5.79. The van der Waals surface area contributed by atoms with Crippen LogP contribution >= 0.6 is 0 Å². The van der Waals surface area contributed by atoms with Gasteiger partial charge in [-0.3, -0.25) is 4.98 Å². The molecule has 1 aromatic carbocycles. The number of pyridine rings is 1. The highest BCUT2D eigenvalue weighted by Crippen LogP contribution is 2.10. The fourth-order valence-electron chi connectivity index (χ4n) is 2.04. The number of halogens is 2. The maximum Gasteiger partial charge on any atom is 0.191 e. The maximum atomic E-state index is 13.6. The van der Waals surface area contributed by atoms with E-state index >= 15 is 0 Å². The Kier molecular flexibility index (Phi) is 6.02. The van der Waals surface area contributed by atoms with E-state index in [1.807, 2.05) is 26.0 Å². The molecular weight excluding hydrogens is 298 g/mol. The monoisotopic (exact) mass is 318 g/mol. The summed E-state index contributed by atoms with van der Waals surface area (Å²) in [7, 11) is 0. The standard InChI is InChI=1S/C17H20F2N4/c1-3-20-17(23-11-16-12(2)5-4-8-21-16)22-10-13-9-14(18)6-7-15(13)19/h4-9H,3,10-11H2,1-2H3,(H2,20,22,23). The summed E-state index contributed by atoms with van der Waals surface area (Å²) in [4.78, 5) is 8.59. The van der Waals surface area contributed by atoms with Crippen molar-refractivity contribution in [1.82, 2.24) is 15.6 Å². The lowest BCUT2D eigenvalue weighted by Gasteiger charge is -2.12. The SMILES string of the molecule is CCNC(=NCc1cc(F)ccc1F)NCc1ncccc1C. The van der Waals surface area contributed by atoms with E-state index in [4.69, 9.17) is 0 Å². The average Bonchev–Trinajstić information content (AvgIpc) is 2.54. The largest absolute Gasteiger partial charge is 0.357 e. The van der Waals surface area contributed by atoms with Gasteiger partial charge in [0.25, 0.3) is 0 Å². The van der Waals surface area contributed by atoms with Crippen LogP contribution in [0.5, 0.6) is 0 Å². The van der Waals surface area contributed by atoms with Crippen LogP contribution in [-0.2, 0) is 13.1 Å². The third kappa shape index (κ3) is 5.02. The predicted molar refractivity (Wildman–Crippen MR) is 87.0 cm³/mol. The minimum Gasteiger partial charge on any atom is -0.357 e. The molecule has 0 amide bonds. The summed E-state index contributed by atoms with van der Waals surface area (Å²) < 4.78 is 26.8. The molecule has 0 spiro atoms. The Labute approximate surface area is 134 Å².